The molecule has 1 aliphatic rings. The lowest BCUT2D eigenvalue weighted by atomic mass is 9.99. The Morgan fingerprint density at radius 2 is 1.94 bits per heavy atom. The maximum absolute atomic E-state index is 6.22. The molecule has 18 heavy (non-hydrogen) atoms. The molecule has 0 aliphatic carbocycles. The normalized spacial score (nSPS) is 17.8. The van der Waals surface area contributed by atoms with Crippen molar-refractivity contribution in [3.05, 3.63) is 69.2 Å². The van der Waals surface area contributed by atoms with Gasteiger partial charge in [0.25, 0.3) is 0 Å². The molecule has 2 aromatic rings. The molecule has 3 heteroatoms. The van der Waals surface area contributed by atoms with Crippen molar-refractivity contribution in [2.45, 2.75) is 19.0 Å². The first-order valence-electron chi connectivity index (χ1n) is 5.99. The van der Waals surface area contributed by atoms with E-state index < -0.39 is 0 Å². The number of rotatable bonds is 2. The van der Waals surface area contributed by atoms with Gasteiger partial charge in [-0.15, -0.1) is 0 Å². The van der Waals surface area contributed by atoms with Crippen LogP contribution < -0.4 is 5.32 Å². The zero-order chi connectivity index (χ0) is 12.5. The Balaban J connectivity index is 1.88. The second-order valence-corrected chi connectivity index (χ2v) is 5.42. The van der Waals surface area contributed by atoms with Gasteiger partial charge in [0.05, 0.1) is 0 Å². The number of fused-ring (bicyclic) bond motifs is 1. The van der Waals surface area contributed by atoms with Crippen molar-refractivity contribution in [2.24, 2.45) is 0 Å². The van der Waals surface area contributed by atoms with E-state index in [4.69, 9.17) is 23.2 Å². The summed E-state index contributed by atoms with van der Waals surface area (Å²) in [5, 5.41) is 5.04. The molecule has 92 valence electrons. The Bertz CT molecular complexity index is 580. The minimum Gasteiger partial charge on any atom is -0.306 e. The summed E-state index contributed by atoms with van der Waals surface area (Å²) in [5.74, 6) is 0. The van der Waals surface area contributed by atoms with Crippen molar-refractivity contribution >= 4 is 23.2 Å². The standard InChI is InChI=1S/C15H13Cl2N/c16-12-5-6-14(17)11(7-12)8-15-13-4-2-1-3-10(13)9-18-15/h1-7,15,18H,8-9H2. The zero-order valence-electron chi connectivity index (χ0n) is 9.79. The van der Waals surface area contributed by atoms with Gasteiger partial charge in [0.2, 0.25) is 0 Å². The summed E-state index contributed by atoms with van der Waals surface area (Å²) < 4.78 is 0. The molecule has 1 aliphatic heterocycles. The second kappa shape index (κ2) is 4.93. The number of nitrogens with one attached hydrogen (secondary N) is 1. The Morgan fingerprint density at radius 1 is 1.11 bits per heavy atom. The maximum Gasteiger partial charge on any atom is 0.0439 e. The van der Waals surface area contributed by atoms with Gasteiger partial charge in [-0.1, -0.05) is 47.5 Å². The summed E-state index contributed by atoms with van der Waals surface area (Å²) in [5.41, 5.74) is 3.84. The molecule has 0 aromatic heterocycles. The van der Waals surface area contributed by atoms with Crippen LogP contribution in [0, 0.1) is 0 Å². The van der Waals surface area contributed by atoms with E-state index in [1.165, 1.54) is 11.1 Å². The number of hydrogen-bond donors (Lipinski definition) is 1. The second-order valence-electron chi connectivity index (χ2n) is 4.57. The van der Waals surface area contributed by atoms with Gasteiger partial charge >= 0.3 is 0 Å². The topological polar surface area (TPSA) is 12.0 Å². The lowest BCUT2D eigenvalue weighted by Gasteiger charge is -2.13. The highest BCUT2D eigenvalue weighted by molar-refractivity contribution is 6.33. The third kappa shape index (κ3) is 2.26. The number of benzene rings is 2. The lowest BCUT2D eigenvalue weighted by molar-refractivity contribution is 0.581. The zero-order valence-corrected chi connectivity index (χ0v) is 11.3. The highest BCUT2D eigenvalue weighted by atomic mass is 35.5. The van der Waals surface area contributed by atoms with E-state index in [9.17, 15) is 0 Å². The molecule has 0 bridgehead atoms. The van der Waals surface area contributed by atoms with Crippen LogP contribution in [-0.2, 0) is 13.0 Å². The number of hydrogen-bond acceptors (Lipinski definition) is 1. The molecular weight excluding hydrogens is 265 g/mol. The molecular formula is C15H13Cl2N. The summed E-state index contributed by atoms with van der Waals surface area (Å²) >= 11 is 12.2. The Morgan fingerprint density at radius 3 is 2.83 bits per heavy atom. The Kier molecular flexibility index (Phi) is 3.29. The minimum atomic E-state index is 0.331. The number of halogens is 2. The molecule has 0 spiro atoms. The van der Waals surface area contributed by atoms with Crippen LogP contribution in [-0.4, -0.2) is 0 Å². The molecule has 2 aromatic carbocycles. The third-order valence-corrected chi connectivity index (χ3v) is 4.01. The summed E-state index contributed by atoms with van der Waals surface area (Å²) in [6, 6.07) is 14.5. The van der Waals surface area contributed by atoms with Crippen molar-refractivity contribution in [1.29, 1.82) is 0 Å². The van der Waals surface area contributed by atoms with Gasteiger partial charge in [0.1, 0.15) is 0 Å². The van der Waals surface area contributed by atoms with Crippen LogP contribution in [0.1, 0.15) is 22.7 Å². The van der Waals surface area contributed by atoms with Crippen LogP contribution in [0.4, 0.5) is 0 Å². The fourth-order valence-electron chi connectivity index (χ4n) is 2.48. The van der Waals surface area contributed by atoms with Crippen LogP contribution in [0.2, 0.25) is 10.0 Å². The first-order chi connectivity index (χ1) is 8.74. The van der Waals surface area contributed by atoms with Crippen LogP contribution in [0.3, 0.4) is 0 Å². The van der Waals surface area contributed by atoms with Crippen LogP contribution in [0.5, 0.6) is 0 Å². The highest BCUT2D eigenvalue weighted by Gasteiger charge is 2.22. The van der Waals surface area contributed by atoms with Gasteiger partial charge in [-0.25, -0.2) is 0 Å². The highest BCUT2D eigenvalue weighted by Crippen LogP contribution is 2.31. The van der Waals surface area contributed by atoms with Gasteiger partial charge in [-0.2, -0.15) is 0 Å². The Hall–Kier alpha value is -1.02. The molecule has 0 amide bonds. The fraction of sp³-hybridized carbons (Fsp3) is 0.200. The Labute approximate surface area is 117 Å². The van der Waals surface area contributed by atoms with Crippen molar-refractivity contribution in [3.8, 4) is 0 Å². The van der Waals surface area contributed by atoms with Gasteiger partial charge in [0.15, 0.2) is 0 Å². The first kappa shape index (κ1) is 12.0. The average molecular weight is 278 g/mol. The van der Waals surface area contributed by atoms with Crippen LogP contribution >= 0.6 is 23.2 Å². The third-order valence-electron chi connectivity index (χ3n) is 3.40. The van der Waals surface area contributed by atoms with Gasteiger partial charge in [-0.3, -0.25) is 0 Å². The van der Waals surface area contributed by atoms with Crippen LogP contribution in [0.25, 0.3) is 0 Å². The molecule has 0 fully saturated rings. The molecule has 1 nitrogen and oxygen atoms in total. The van der Waals surface area contributed by atoms with Gasteiger partial charge < -0.3 is 5.32 Å². The van der Waals surface area contributed by atoms with E-state index in [0.717, 1.165) is 28.6 Å². The van der Waals surface area contributed by atoms with Crippen molar-refractivity contribution in [2.75, 3.05) is 0 Å². The van der Waals surface area contributed by atoms with Crippen molar-refractivity contribution in [3.63, 3.8) is 0 Å². The smallest absolute Gasteiger partial charge is 0.0439 e. The maximum atomic E-state index is 6.22. The fourth-order valence-corrected chi connectivity index (χ4v) is 2.87. The lowest BCUT2D eigenvalue weighted by Crippen LogP contribution is -2.14. The molecule has 1 N–H and O–H groups in total. The predicted octanol–water partition coefficient (Wildman–Crippen LogP) is 4.38. The van der Waals surface area contributed by atoms with E-state index in [2.05, 4.69) is 29.6 Å². The van der Waals surface area contributed by atoms with E-state index in [0.29, 0.717) is 6.04 Å². The molecule has 0 saturated heterocycles. The molecule has 0 radical (unpaired) electrons. The summed E-state index contributed by atoms with van der Waals surface area (Å²) in [6.07, 6.45) is 0.871. The van der Waals surface area contributed by atoms with Gasteiger partial charge in [-0.05, 0) is 41.3 Å². The molecule has 1 heterocycles. The van der Waals surface area contributed by atoms with Gasteiger partial charge in [0, 0.05) is 22.6 Å². The molecule has 3 rings (SSSR count). The molecule has 0 saturated carbocycles. The van der Waals surface area contributed by atoms with E-state index in [1.54, 1.807) is 0 Å². The average Bonchev–Trinajstić information content (AvgIpc) is 2.78. The van der Waals surface area contributed by atoms with E-state index in [1.807, 2.05) is 18.2 Å². The van der Waals surface area contributed by atoms with Crippen molar-refractivity contribution < 1.29 is 0 Å². The first-order valence-corrected chi connectivity index (χ1v) is 6.75. The predicted molar refractivity (Wildman–Crippen MR) is 76.2 cm³/mol. The van der Waals surface area contributed by atoms with Crippen molar-refractivity contribution in [1.82, 2.24) is 5.32 Å². The van der Waals surface area contributed by atoms with E-state index >= 15 is 0 Å². The summed E-state index contributed by atoms with van der Waals surface area (Å²) in [7, 11) is 0. The monoisotopic (exact) mass is 277 g/mol. The minimum absolute atomic E-state index is 0.331. The van der Waals surface area contributed by atoms with E-state index in [-0.39, 0.29) is 0 Å². The van der Waals surface area contributed by atoms with Crippen LogP contribution in [0.15, 0.2) is 42.5 Å². The molecule has 1 unspecified atom stereocenters. The summed E-state index contributed by atoms with van der Waals surface area (Å²) in [4.78, 5) is 0. The molecule has 1 atom stereocenters. The quantitative estimate of drug-likeness (QED) is 0.859. The SMILES string of the molecule is Clc1ccc(Cl)c(CC2NCc3ccccc32)c1. The largest absolute Gasteiger partial charge is 0.306 e. The summed E-state index contributed by atoms with van der Waals surface area (Å²) in [6.45, 7) is 0.930.